The lowest BCUT2D eigenvalue weighted by atomic mass is 9.95. The van der Waals surface area contributed by atoms with Gasteiger partial charge in [-0.3, -0.25) is 24.2 Å². The summed E-state index contributed by atoms with van der Waals surface area (Å²) in [6.07, 6.45) is 7.38. The number of amides is 2. The number of esters is 2. The number of rotatable bonds is 19. The zero-order valence-corrected chi connectivity index (χ0v) is 34.3. The minimum absolute atomic E-state index is 0.222. The predicted octanol–water partition coefficient (Wildman–Crippen LogP) is 8.19. The van der Waals surface area contributed by atoms with Gasteiger partial charge >= 0.3 is 11.9 Å². The average molecular weight is 781 g/mol. The van der Waals surface area contributed by atoms with E-state index in [2.05, 4.69) is 29.4 Å². The number of likely N-dealkylation sites (N-methyl/N-ethyl adjacent to an activating group) is 1. The van der Waals surface area contributed by atoms with Crippen LogP contribution >= 0.6 is 11.3 Å². The second kappa shape index (κ2) is 20.9. The maximum absolute atomic E-state index is 14.0. The molecule has 3 aromatic carbocycles. The quantitative estimate of drug-likeness (QED) is 0.0916. The zero-order chi connectivity index (χ0) is 40.0. The van der Waals surface area contributed by atoms with Crippen molar-refractivity contribution in [2.75, 3.05) is 51.0 Å². The molecule has 0 atom stereocenters. The largest absolute Gasteiger partial charge is 0.465 e. The van der Waals surface area contributed by atoms with Gasteiger partial charge < -0.3 is 20.1 Å². The molecular formula is C45H56N4O6S. The number of nitrogens with one attached hydrogen (secondary N) is 2. The third-order valence-corrected chi connectivity index (χ3v) is 11.6. The topological polar surface area (TPSA) is 117 Å². The van der Waals surface area contributed by atoms with Crippen LogP contribution in [-0.4, -0.2) is 80.0 Å². The standard InChI is InChI=1S/C45H56N4O6S/c1-6-37(7-2)49(27-26-48(4)30-40(50)55-8-3)29-33-12-11-13-35(28-33)42(51)47-44-41(38-14-9-10-15-39(38)56-44)43(52)46-36-24-20-32(21-25-36)17-16-31-18-22-34(23-19-31)45(53)54-5/h11-13,18-25,28,37H,6-10,14-17,26-27,29-30H2,1-5H3,(H,46,52)(H,47,51). The van der Waals surface area contributed by atoms with Crippen molar-refractivity contribution in [3.8, 4) is 0 Å². The summed E-state index contributed by atoms with van der Waals surface area (Å²) in [7, 11) is 3.30. The molecule has 298 valence electrons. The van der Waals surface area contributed by atoms with E-state index in [0.717, 1.165) is 85.0 Å². The van der Waals surface area contributed by atoms with E-state index < -0.39 is 0 Å². The molecule has 10 nitrogen and oxygen atoms in total. The summed E-state index contributed by atoms with van der Waals surface area (Å²) in [5, 5.41) is 6.81. The van der Waals surface area contributed by atoms with E-state index in [1.165, 1.54) is 18.4 Å². The van der Waals surface area contributed by atoms with E-state index in [9.17, 15) is 19.2 Å². The third kappa shape index (κ3) is 11.6. The lowest BCUT2D eigenvalue weighted by Crippen LogP contribution is -2.40. The first-order valence-electron chi connectivity index (χ1n) is 19.8. The molecule has 0 radical (unpaired) electrons. The van der Waals surface area contributed by atoms with Gasteiger partial charge in [0, 0.05) is 41.8 Å². The van der Waals surface area contributed by atoms with Crippen LogP contribution < -0.4 is 10.6 Å². The van der Waals surface area contributed by atoms with Crippen molar-refractivity contribution in [3.63, 3.8) is 0 Å². The fourth-order valence-corrected chi connectivity index (χ4v) is 8.56. The fourth-order valence-electron chi connectivity index (χ4n) is 7.28. The number of hydrogen-bond acceptors (Lipinski definition) is 9. The molecule has 56 heavy (non-hydrogen) atoms. The lowest BCUT2D eigenvalue weighted by molar-refractivity contribution is -0.144. The zero-order valence-electron chi connectivity index (χ0n) is 33.5. The van der Waals surface area contributed by atoms with Gasteiger partial charge in [-0.05, 0) is 124 Å². The van der Waals surface area contributed by atoms with Gasteiger partial charge in [0.25, 0.3) is 11.8 Å². The Morgan fingerprint density at radius 3 is 2.12 bits per heavy atom. The maximum atomic E-state index is 14.0. The Kier molecular flexibility index (Phi) is 15.8. The number of carbonyl (C=O) groups is 4. The number of methoxy groups -OCH3 is 1. The van der Waals surface area contributed by atoms with Crippen LogP contribution in [0, 0.1) is 0 Å². The second-order valence-corrected chi connectivity index (χ2v) is 15.5. The smallest absolute Gasteiger partial charge is 0.337 e. The van der Waals surface area contributed by atoms with Crippen LogP contribution in [0.4, 0.5) is 10.7 Å². The van der Waals surface area contributed by atoms with E-state index in [0.29, 0.717) is 53.1 Å². The molecule has 4 aromatic rings. The number of ether oxygens (including phenoxy) is 2. The lowest BCUT2D eigenvalue weighted by Gasteiger charge is -2.32. The molecule has 1 heterocycles. The fraction of sp³-hybridized carbons (Fsp3) is 0.422. The Bertz CT molecular complexity index is 1940. The minimum Gasteiger partial charge on any atom is -0.465 e. The molecule has 1 aliphatic carbocycles. The van der Waals surface area contributed by atoms with E-state index in [-0.39, 0.29) is 30.3 Å². The summed E-state index contributed by atoms with van der Waals surface area (Å²) in [5.41, 5.74) is 6.63. The van der Waals surface area contributed by atoms with Gasteiger partial charge in [-0.2, -0.15) is 0 Å². The summed E-state index contributed by atoms with van der Waals surface area (Å²) in [6, 6.07) is 23.4. The highest BCUT2D eigenvalue weighted by atomic mass is 32.1. The third-order valence-electron chi connectivity index (χ3n) is 10.4. The van der Waals surface area contributed by atoms with Gasteiger partial charge in [0.1, 0.15) is 5.00 Å². The van der Waals surface area contributed by atoms with E-state index in [1.807, 2.05) is 79.5 Å². The predicted molar refractivity (Wildman–Crippen MR) is 224 cm³/mol. The van der Waals surface area contributed by atoms with Crippen LogP contribution in [0.1, 0.15) is 105 Å². The first kappa shape index (κ1) is 42.3. The molecule has 2 amide bonds. The number of fused-ring (bicyclic) bond motifs is 1. The molecule has 11 heteroatoms. The molecule has 0 aliphatic heterocycles. The molecule has 5 rings (SSSR count). The summed E-state index contributed by atoms with van der Waals surface area (Å²) in [4.78, 5) is 57.1. The van der Waals surface area contributed by atoms with Crippen LogP contribution in [0.5, 0.6) is 0 Å². The van der Waals surface area contributed by atoms with Crippen LogP contribution in [0.15, 0.2) is 72.8 Å². The highest BCUT2D eigenvalue weighted by Gasteiger charge is 2.27. The van der Waals surface area contributed by atoms with Crippen LogP contribution in [0.2, 0.25) is 0 Å². The Balaban J connectivity index is 1.24. The Morgan fingerprint density at radius 2 is 1.46 bits per heavy atom. The molecule has 2 N–H and O–H groups in total. The van der Waals surface area contributed by atoms with Gasteiger partial charge in [0.05, 0.1) is 31.4 Å². The van der Waals surface area contributed by atoms with Crippen LogP contribution in [0.25, 0.3) is 0 Å². The molecule has 0 saturated carbocycles. The molecule has 0 bridgehead atoms. The first-order chi connectivity index (χ1) is 27.1. The second-order valence-electron chi connectivity index (χ2n) is 14.4. The number of nitrogens with zero attached hydrogens (tertiary/aromatic N) is 2. The number of thiophene rings is 1. The van der Waals surface area contributed by atoms with Gasteiger partial charge in [-0.15, -0.1) is 11.3 Å². The molecule has 1 aromatic heterocycles. The average Bonchev–Trinajstić information content (AvgIpc) is 3.58. The molecule has 0 saturated heterocycles. The molecule has 1 aliphatic rings. The monoisotopic (exact) mass is 780 g/mol. The number of aryl methyl sites for hydroxylation is 3. The van der Waals surface area contributed by atoms with Crippen LogP contribution in [0.3, 0.4) is 0 Å². The summed E-state index contributed by atoms with van der Waals surface area (Å²) >= 11 is 1.51. The Morgan fingerprint density at radius 1 is 0.786 bits per heavy atom. The molecular weight excluding hydrogens is 725 g/mol. The first-order valence-corrected chi connectivity index (χ1v) is 20.6. The van der Waals surface area contributed by atoms with E-state index in [4.69, 9.17) is 9.47 Å². The molecule has 0 unspecified atom stereocenters. The molecule has 0 fully saturated rings. The van der Waals surface area contributed by atoms with Crippen LogP contribution in [-0.2, 0) is 46.5 Å². The SMILES string of the molecule is CCOC(=O)CN(C)CCN(Cc1cccc(C(=O)Nc2sc3c(c2C(=O)Nc2ccc(CCc4ccc(C(=O)OC)cc4)cc2)CCCC3)c1)C(CC)CC. The number of carbonyl (C=O) groups excluding carboxylic acids is 4. The highest BCUT2D eigenvalue weighted by Crippen LogP contribution is 2.39. The van der Waals surface area contributed by atoms with Gasteiger partial charge in [0.15, 0.2) is 0 Å². The molecule has 0 spiro atoms. The normalized spacial score (nSPS) is 12.4. The highest BCUT2D eigenvalue weighted by molar-refractivity contribution is 7.17. The van der Waals surface area contributed by atoms with Crippen molar-refractivity contribution < 1.29 is 28.7 Å². The number of hydrogen-bond donors (Lipinski definition) is 2. The van der Waals surface area contributed by atoms with Crippen molar-refractivity contribution >= 4 is 45.8 Å². The summed E-state index contributed by atoms with van der Waals surface area (Å²) in [6.45, 7) is 8.97. The van der Waals surface area contributed by atoms with Crippen molar-refractivity contribution in [1.29, 1.82) is 0 Å². The van der Waals surface area contributed by atoms with Gasteiger partial charge in [0.2, 0.25) is 0 Å². The van der Waals surface area contributed by atoms with Crippen molar-refractivity contribution in [2.45, 2.75) is 84.7 Å². The van der Waals surface area contributed by atoms with Crippen molar-refractivity contribution in [1.82, 2.24) is 9.80 Å². The van der Waals surface area contributed by atoms with E-state index >= 15 is 0 Å². The number of benzene rings is 3. The van der Waals surface area contributed by atoms with Gasteiger partial charge in [-0.25, -0.2) is 4.79 Å². The maximum Gasteiger partial charge on any atom is 0.337 e. The van der Waals surface area contributed by atoms with Crippen molar-refractivity contribution in [2.24, 2.45) is 0 Å². The summed E-state index contributed by atoms with van der Waals surface area (Å²) < 4.78 is 9.91. The van der Waals surface area contributed by atoms with E-state index in [1.54, 1.807) is 12.1 Å². The van der Waals surface area contributed by atoms with Crippen molar-refractivity contribution in [3.05, 3.63) is 117 Å². The summed E-state index contributed by atoms with van der Waals surface area (Å²) in [5.74, 6) is -1.04. The van der Waals surface area contributed by atoms with Gasteiger partial charge in [-0.1, -0.05) is 50.2 Å². The Hall–Kier alpha value is -4.84. The Labute approximate surface area is 335 Å². The number of anilines is 2. The minimum atomic E-state index is -0.349.